The van der Waals surface area contributed by atoms with E-state index in [1.807, 2.05) is 11.9 Å². The predicted molar refractivity (Wildman–Crippen MR) is 74.6 cm³/mol. The first-order valence-corrected chi connectivity index (χ1v) is 9.12. The van der Waals surface area contributed by atoms with Crippen molar-refractivity contribution in [1.29, 1.82) is 0 Å². The molecular weight excluding hydrogens is 305 g/mol. The molecule has 0 aromatic rings. The minimum Gasteiger partial charge on any atom is -0.329 e. The molecule has 0 spiro atoms. The molecule has 2 fully saturated rings. The third-order valence-electron chi connectivity index (χ3n) is 5.26. The lowest BCUT2D eigenvalue weighted by Gasteiger charge is -2.48. The van der Waals surface area contributed by atoms with Gasteiger partial charge in [0.15, 0.2) is 9.84 Å². The van der Waals surface area contributed by atoms with E-state index >= 15 is 0 Å². The molecular formula is C13H23F3N2O2S. The smallest absolute Gasteiger partial charge is 0.329 e. The fourth-order valence-electron chi connectivity index (χ4n) is 3.65. The summed E-state index contributed by atoms with van der Waals surface area (Å²) in [4.78, 5) is 1.95. The van der Waals surface area contributed by atoms with Crippen LogP contribution in [-0.2, 0) is 9.84 Å². The zero-order valence-corrected chi connectivity index (χ0v) is 13.0. The van der Waals surface area contributed by atoms with Crippen LogP contribution in [0.3, 0.4) is 0 Å². The fraction of sp³-hybridized carbons (Fsp3) is 1.00. The SMILES string of the molecule is CN(C1CCS(=O)(=O)C1)C1(CN)CCC(C(F)(F)F)CC1. The van der Waals surface area contributed by atoms with Crippen LogP contribution in [0.25, 0.3) is 0 Å². The topological polar surface area (TPSA) is 63.4 Å². The van der Waals surface area contributed by atoms with Crippen molar-refractivity contribution >= 4 is 9.84 Å². The maximum absolute atomic E-state index is 12.8. The molecule has 2 rings (SSSR count). The summed E-state index contributed by atoms with van der Waals surface area (Å²) in [7, 11) is -1.20. The highest BCUT2D eigenvalue weighted by atomic mass is 32.2. The number of halogens is 3. The zero-order valence-electron chi connectivity index (χ0n) is 12.2. The monoisotopic (exact) mass is 328 g/mol. The maximum atomic E-state index is 12.8. The second-order valence-electron chi connectivity index (χ2n) is 6.41. The number of hydrogen-bond acceptors (Lipinski definition) is 4. The van der Waals surface area contributed by atoms with Crippen LogP contribution in [0.15, 0.2) is 0 Å². The van der Waals surface area contributed by atoms with Crippen LogP contribution >= 0.6 is 0 Å². The molecule has 1 atom stereocenters. The highest BCUT2D eigenvalue weighted by Gasteiger charge is 2.48. The third-order valence-corrected chi connectivity index (χ3v) is 7.01. The summed E-state index contributed by atoms with van der Waals surface area (Å²) in [5.74, 6) is -1.00. The molecule has 0 amide bonds. The molecule has 2 aliphatic rings. The van der Waals surface area contributed by atoms with Gasteiger partial charge in [-0.05, 0) is 39.2 Å². The summed E-state index contributed by atoms with van der Waals surface area (Å²) in [6.07, 6.45) is -2.70. The third kappa shape index (κ3) is 3.53. The summed E-state index contributed by atoms with van der Waals surface area (Å²) in [6, 6.07) is -0.124. The minimum atomic E-state index is -4.14. The van der Waals surface area contributed by atoms with Gasteiger partial charge in [-0.2, -0.15) is 13.2 Å². The van der Waals surface area contributed by atoms with Crippen molar-refractivity contribution in [2.45, 2.75) is 49.9 Å². The van der Waals surface area contributed by atoms with E-state index in [-0.39, 0.29) is 36.9 Å². The van der Waals surface area contributed by atoms with Gasteiger partial charge in [0.2, 0.25) is 0 Å². The first kappa shape index (κ1) is 17.0. The lowest BCUT2D eigenvalue weighted by atomic mass is 9.74. The zero-order chi connectivity index (χ0) is 15.9. The number of nitrogens with zero attached hydrogens (tertiary/aromatic N) is 1. The van der Waals surface area contributed by atoms with Gasteiger partial charge in [0, 0.05) is 18.1 Å². The molecule has 1 unspecified atom stereocenters. The molecule has 0 aromatic heterocycles. The molecule has 1 aliphatic carbocycles. The van der Waals surface area contributed by atoms with E-state index in [0.29, 0.717) is 19.3 Å². The first-order valence-electron chi connectivity index (χ1n) is 7.30. The normalized spacial score (nSPS) is 37.0. The molecule has 1 saturated heterocycles. The van der Waals surface area contributed by atoms with E-state index in [9.17, 15) is 21.6 Å². The van der Waals surface area contributed by atoms with Gasteiger partial charge in [-0.1, -0.05) is 0 Å². The standard InChI is InChI=1S/C13H23F3N2O2S/c1-18(11-4-7-21(19,20)8-11)12(9-17)5-2-10(3-6-12)13(14,15)16/h10-11H,2-9,17H2,1H3. The lowest BCUT2D eigenvalue weighted by Crippen LogP contribution is -2.58. The summed E-state index contributed by atoms with van der Waals surface area (Å²) >= 11 is 0. The minimum absolute atomic E-state index is 0.0739. The van der Waals surface area contributed by atoms with Crippen molar-refractivity contribution in [3.63, 3.8) is 0 Å². The average Bonchev–Trinajstić information content (AvgIpc) is 2.77. The summed E-state index contributed by atoms with van der Waals surface area (Å²) < 4.78 is 61.5. The highest BCUT2D eigenvalue weighted by molar-refractivity contribution is 7.91. The van der Waals surface area contributed by atoms with Crippen molar-refractivity contribution in [2.75, 3.05) is 25.1 Å². The Balaban J connectivity index is 2.06. The molecule has 4 nitrogen and oxygen atoms in total. The van der Waals surface area contributed by atoms with Gasteiger partial charge in [-0.25, -0.2) is 8.42 Å². The van der Waals surface area contributed by atoms with E-state index in [2.05, 4.69) is 0 Å². The van der Waals surface area contributed by atoms with Gasteiger partial charge >= 0.3 is 6.18 Å². The van der Waals surface area contributed by atoms with Crippen molar-refractivity contribution in [3.05, 3.63) is 0 Å². The molecule has 0 radical (unpaired) electrons. The molecule has 0 aromatic carbocycles. The number of sulfone groups is 1. The Morgan fingerprint density at radius 2 is 1.81 bits per heavy atom. The van der Waals surface area contributed by atoms with Crippen molar-refractivity contribution in [3.8, 4) is 0 Å². The fourth-order valence-corrected chi connectivity index (χ4v) is 5.43. The molecule has 1 saturated carbocycles. The van der Waals surface area contributed by atoms with Gasteiger partial charge in [0.25, 0.3) is 0 Å². The van der Waals surface area contributed by atoms with E-state index in [0.717, 1.165) is 0 Å². The van der Waals surface area contributed by atoms with Crippen molar-refractivity contribution < 1.29 is 21.6 Å². The van der Waals surface area contributed by atoms with Crippen LogP contribution in [0.5, 0.6) is 0 Å². The molecule has 8 heteroatoms. The lowest BCUT2D eigenvalue weighted by molar-refractivity contribution is -0.188. The van der Waals surface area contributed by atoms with Gasteiger partial charge in [-0.3, -0.25) is 4.90 Å². The number of alkyl halides is 3. The van der Waals surface area contributed by atoms with E-state index in [4.69, 9.17) is 5.73 Å². The Bertz CT molecular complexity index is 470. The van der Waals surface area contributed by atoms with Crippen LogP contribution in [-0.4, -0.2) is 56.2 Å². The molecule has 1 aliphatic heterocycles. The Morgan fingerprint density at radius 3 is 2.19 bits per heavy atom. The largest absolute Gasteiger partial charge is 0.391 e. The van der Waals surface area contributed by atoms with Crippen LogP contribution in [0, 0.1) is 5.92 Å². The second kappa shape index (κ2) is 5.70. The molecule has 1 heterocycles. The highest BCUT2D eigenvalue weighted by Crippen LogP contribution is 2.43. The quantitative estimate of drug-likeness (QED) is 0.854. The van der Waals surface area contributed by atoms with Gasteiger partial charge in [0.05, 0.1) is 17.4 Å². The van der Waals surface area contributed by atoms with Gasteiger partial charge in [0.1, 0.15) is 0 Å². The molecule has 124 valence electrons. The number of rotatable bonds is 3. The van der Waals surface area contributed by atoms with E-state index in [1.165, 1.54) is 0 Å². The van der Waals surface area contributed by atoms with Crippen LogP contribution in [0.1, 0.15) is 32.1 Å². The van der Waals surface area contributed by atoms with Crippen molar-refractivity contribution in [2.24, 2.45) is 11.7 Å². The number of nitrogens with two attached hydrogens (primary N) is 1. The summed E-state index contributed by atoms with van der Waals surface area (Å²) in [5, 5.41) is 0. The Labute approximate surface area is 123 Å². The van der Waals surface area contributed by atoms with E-state index in [1.54, 1.807) is 0 Å². The Hall–Kier alpha value is -0.340. The maximum Gasteiger partial charge on any atom is 0.391 e. The van der Waals surface area contributed by atoms with Crippen molar-refractivity contribution in [1.82, 2.24) is 4.90 Å². The Kier molecular flexibility index (Phi) is 4.62. The average molecular weight is 328 g/mol. The summed E-state index contributed by atoms with van der Waals surface area (Å²) in [6.45, 7) is 0.268. The van der Waals surface area contributed by atoms with E-state index < -0.39 is 27.5 Å². The predicted octanol–water partition coefficient (Wildman–Crippen LogP) is 1.56. The number of likely N-dealkylation sites (N-methyl/N-ethyl adjacent to an activating group) is 1. The molecule has 21 heavy (non-hydrogen) atoms. The first-order chi connectivity index (χ1) is 9.60. The van der Waals surface area contributed by atoms with Crippen LogP contribution in [0.4, 0.5) is 13.2 Å². The Morgan fingerprint density at radius 1 is 1.24 bits per heavy atom. The van der Waals surface area contributed by atoms with Gasteiger partial charge < -0.3 is 5.73 Å². The number of hydrogen-bond donors (Lipinski definition) is 1. The van der Waals surface area contributed by atoms with Crippen LogP contribution in [0.2, 0.25) is 0 Å². The van der Waals surface area contributed by atoms with Crippen LogP contribution < -0.4 is 5.73 Å². The van der Waals surface area contributed by atoms with Gasteiger partial charge in [-0.15, -0.1) is 0 Å². The second-order valence-corrected chi connectivity index (χ2v) is 8.64. The molecule has 2 N–H and O–H groups in total. The summed E-state index contributed by atoms with van der Waals surface area (Å²) in [5.41, 5.74) is 5.36. The molecule has 0 bridgehead atoms.